The van der Waals surface area contributed by atoms with E-state index in [1.54, 1.807) is 13.2 Å². The number of rotatable bonds is 6. The number of guanidine groups is 1. The summed E-state index contributed by atoms with van der Waals surface area (Å²) in [4.78, 5) is 6.76. The van der Waals surface area contributed by atoms with Crippen LogP contribution in [0.5, 0.6) is 11.5 Å². The lowest BCUT2D eigenvalue weighted by atomic mass is 10.1. The van der Waals surface area contributed by atoms with Crippen molar-refractivity contribution in [1.29, 1.82) is 0 Å². The highest BCUT2D eigenvalue weighted by Gasteiger charge is 2.19. The van der Waals surface area contributed by atoms with E-state index < -0.39 is 0 Å². The van der Waals surface area contributed by atoms with Crippen molar-refractivity contribution in [3.63, 3.8) is 0 Å². The van der Waals surface area contributed by atoms with E-state index in [1.165, 1.54) is 0 Å². The van der Waals surface area contributed by atoms with Gasteiger partial charge in [0.25, 0.3) is 0 Å². The smallest absolute Gasteiger partial charge is 0.193 e. The molecule has 1 aromatic rings. The van der Waals surface area contributed by atoms with Gasteiger partial charge in [0.15, 0.2) is 17.5 Å². The van der Waals surface area contributed by atoms with Crippen molar-refractivity contribution in [2.24, 2.45) is 10.9 Å². The van der Waals surface area contributed by atoms with Gasteiger partial charge in [-0.15, -0.1) is 24.0 Å². The zero-order valence-corrected chi connectivity index (χ0v) is 16.9. The highest BCUT2D eigenvalue weighted by Crippen LogP contribution is 2.29. The molecule has 0 aliphatic carbocycles. The SMILES string of the molecule is CCNC(=NCc1cccc(OC)c1O)N(C)CC1CCOC1.I. The Morgan fingerprint density at radius 2 is 2.29 bits per heavy atom. The third-order valence-electron chi connectivity index (χ3n) is 3.95. The molecule has 2 rings (SSSR count). The van der Waals surface area contributed by atoms with E-state index >= 15 is 0 Å². The maximum Gasteiger partial charge on any atom is 0.193 e. The Kier molecular flexibility index (Phi) is 9.20. The lowest BCUT2D eigenvalue weighted by Gasteiger charge is -2.24. The Morgan fingerprint density at radius 3 is 2.92 bits per heavy atom. The van der Waals surface area contributed by atoms with Gasteiger partial charge in [-0.2, -0.15) is 0 Å². The molecule has 1 saturated heterocycles. The van der Waals surface area contributed by atoms with E-state index in [1.807, 2.05) is 26.1 Å². The number of aliphatic imine (C=N–C) groups is 1. The first-order valence-corrected chi connectivity index (χ1v) is 8.07. The summed E-state index contributed by atoms with van der Waals surface area (Å²) < 4.78 is 10.6. The van der Waals surface area contributed by atoms with Crippen molar-refractivity contribution in [2.45, 2.75) is 19.9 Å². The average Bonchev–Trinajstić information content (AvgIpc) is 3.05. The van der Waals surface area contributed by atoms with E-state index in [9.17, 15) is 5.11 Å². The number of aromatic hydroxyl groups is 1. The molecule has 0 aromatic heterocycles. The summed E-state index contributed by atoms with van der Waals surface area (Å²) in [5.41, 5.74) is 0.748. The molecule has 0 bridgehead atoms. The summed E-state index contributed by atoms with van der Waals surface area (Å²) in [7, 11) is 3.58. The van der Waals surface area contributed by atoms with Gasteiger partial charge in [-0.25, -0.2) is 4.99 Å². The Bertz CT molecular complexity index is 534. The lowest BCUT2D eigenvalue weighted by molar-refractivity contribution is 0.181. The molecule has 24 heavy (non-hydrogen) atoms. The van der Waals surface area contributed by atoms with Gasteiger partial charge in [0, 0.05) is 38.2 Å². The molecule has 1 fully saturated rings. The molecule has 0 radical (unpaired) electrons. The predicted octanol–water partition coefficient (Wildman–Crippen LogP) is 2.45. The van der Waals surface area contributed by atoms with Crippen LogP contribution in [-0.4, -0.2) is 56.4 Å². The fourth-order valence-electron chi connectivity index (χ4n) is 2.69. The topological polar surface area (TPSA) is 66.3 Å². The van der Waals surface area contributed by atoms with E-state index in [0.29, 0.717) is 18.2 Å². The van der Waals surface area contributed by atoms with Crippen molar-refractivity contribution >= 4 is 29.9 Å². The number of phenolic OH excluding ortho intramolecular Hbond substituents is 1. The molecule has 1 heterocycles. The highest BCUT2D eigenvalue weighted by molar-refractivity contribution is 14.0. The second kappa shape index (κ2) is 10.6. The molecule has 1 aliphatic rings. The lowest BCUT2D eigenvalue weighted by Crippen LogP contribution is -2.41. The fourth-order valence-corrected chi connectivity index (χ4v) is 2.69. The minimum absolute atomic E-state index is 0. The quantitative estimate of drug-likeness (QED) is 0.397. The van der Waals surface area contributed by atoms with Crippen LogP contribution >= 0.6 is 24.0 Å². The average molecular weight is 449 g/mol. The molecule has 136 valence electrons. The van der Waals surface area contributed by atoms with Gasteiger partial charge < -0.3 is 24.8 Å². The van der Waals surface area contributed by atoms with E-state index in [2.05, 4.69) is 15.2 Å². The van der Waals surface area contributed by atoms with E-state index in [-0.39, 0.29) is 29.7 Å². The summed E-state index contributed by atoms with van der Waals surface area (Å²) >= 11 is 0. The zero-order chi connectivity index (χ0) is 16.7. The van der Waals surface area contributed by atoms with Crippen molar-refractivity contribution in [2.75, 3.05) is 40.5 Å². The first-order chi connectivity index (χ1) is 11.2. The maximum atomic E-state index is 10.2. The van der Waals surface area contributed by atoms with Crippen molar-refractivity contribution < 1.29 is 14.6 Å². The predicted molar refractivity (Wildman–Crippen MR) is 106 cm³/mol. The first-order valence-electron chi connectivity index (χ1n) is 8.07. The number of hydrogen-bond acceptors (Lipinski definition) is 4. The number of para-hydroxylation sites is 1. The third kappa shape index (κ3) is 5.70. The minimum atomic E-state index is 0. The minimum Gasteiger partial charge on any atom is -0.504 e. The number of hydrogen-bond donors (Lipinski definition) is 2. The normalized spacial score (nSPS) is 17.3. The molecule has 2 N–H and O–H groups in total. The van der Waals surface area contributed by atoms with Crippen molar-refractivity contribution in [3.8, 4) is 11.5 Å². The van der Waals surface area contributed by atoms with Crippen LogP contribution in [0.25, 0.3) is 0 Å². The number of halogens is 1. The monoisotopic (exact) mass is 449 g/mol. The molecule has 6 nitrogen and oxygen atoms in total. The van der Waals surface area contributed by atoms with Gasteiger partial charge in [0.05, 0.1) is 20.3 Å². The second-order valence-corrected chi connectivity index (χ2v) is 5.75. The number of benzene rings is 1. The molecular weight excluding hydrogens is 421 g/mol. The molecule has 1 atom stereocenters. The summed E-state index contributed by atoms with van der Waals surface area (Å²) in [5.74, 6) is 2.01. The summed E-state index contributed by atoms with van der Waals surface area (Å²) in [6.07, 6.45) is 1.10. The Hall–Kier alpha value is -1.22. The molecule has 1 aliphatic heterocycles. The Morgan fingerprint density at radius 1 is 1.50 bits per heavy atom. The van der Waals surface area contributed by atoms with Crippen LogP contribution in [0.2, 0.25) is 0 Å². The van der Waals surface area contributed by atoms with Crippen LogP contribution in [0.1, 0.15) is 18.9 Å². The van der Waals surface area contributed by atoms with Gasteiger partial charge >= 0.3 is 0 Å². The standard InChI is InChI=1S/C17H27N3O3.HI/c1-4-18-17(20(2)11-13-8-9-23-12-13)19-10-14-6-5-7-15(22-3)16(14)21;/h5-7,13,21H,4,8-12H2,1-3H3,(H,18,19);1H. The van der Waals surface area contributed by atoms with Crippen LogP contribution in [0.4, 0.5) is 0 Å². The van der Waals surface area contributed by atoms with E-state index in [4.69, 9.17) is 9.47 Å². The number of nitrogens with one attached hydrogen (secondary N) is 1. The molecular formula is C17H28IN3O3. The number of methoxy groups -OCH3 is 1. The summed E-state index contributed by atoms with van der Waals surface area (Å²) in [6.45, 7) is 5.83. The molecule has 0 spiro atoms. The number of phenols is 1. The summed E-state index contributed by atoms with van der Waals surface area (Å²) in [6, 6.07) is 5.45. The Balaban J connectivity index is 0.00000288. The van der Waals surface area contributed by atoms with Gasteiger partial charge in [0.2, 0.25) is 0 Å². The molecule has 1 unspecified atom stereocenters. The summed E-state index contributed by atoms with van der Waals surface area (Å²) in [5, 5.41) is 13.5. The van der Waals surface area contributed by atoms with Gasteiger partial charge in [-0.05, 0) is 19.4 Å². The molecule has 0 saturated carbocycles. The van der Waals surface area contributed by atoms with Crippen LogP contribution < -0.4 is 10.1 Å². The molecule has 0 amide bonds. The Labute approximate surface area is 161 Å². The van der Waals surface area contributed by atoms with Crippen LogP contribution in [-0.2, 0) is 11.3 Å². The third-order valence-corrected chi connectivity index (χ3v) is 3.95. The highest BCUT2D eigenvalue weighted by atomic mass is 127. The maximum absolute atomic E-state index is 10.2. The number of ether oxygens (including phenoxy) is 2. The van der Waals surface area contributed by atoms with Gasteiger partial charge in [-0.3, -0.25) is 0 Å². The zero-order valence-electron chi connectivity index (χ0n) is 14.6. The number of nitrogens with zero attached hydrogens (tertiary/aromatic N) is 2. The van der Waals surface area contributed by atoms with Crippen LogP contribution in [0.3, 0.4) is 0 Å². The van der Waals surface area contributed by atoms with Gasteiger partial charge in [-0.1, -0.05) is 12.1 Å². The molecule has 7 heteroatoms. The first kappa shape index (κ1) is 20.8. The van der Waals surface area contributed by atoms with E-state index in [0.717, 1.165) is 44.2 Å². The van der Waals surface area contributed by atoms with Crippen molar-refractivity contribution in [1.82, 2.24) is 10.2 Å². The van der Waals surface area contributed by atoms with Crippen LogP contribution in [0, 0.1) is 5.92 Å². The van der Waals surface area contributed by atoms with Crippen molar-refractivity contribution in [3.05, 3.63) is 23.8 Å². The molecule has 1 aromatic carbocycles. The largest absolute Gasteiger partial charge is 0.504 e. The fraction of sp³-hybridized carbons (Fsp3) is 0.588. The van der Waals surface area contributed by atoms with Gasteiger partial charge in [0.1, 0.15) is 0 Å². The second-order valence-electron chi connectivity index (χ2n) is 5.75. The van der Waals surface area contributed by atoms with Crippen LogP contribution in [0.15, 0.2) is 23.2 Å².